The summed E-state index contributed by atoms with van der Waals surface area (Å²) < 4.78 is 13.9. The van der Waals surface area contributed by atoms with Gasteiger partial charge in [0.2, 0.25) is 17.7 Å². The number of hydrogen-bond donors (Lipinski definition) is 2. The number of nitrogens with one attached hydrogen (secondary N) is 2. The minimum absolute atomic E-state index is 0.0732. The Morgan fingerprint density at radius 2 is 1.86 bits per heavy atom. The molecule has 1 unspecified atom stereocenters. The number of nitrogens with zero attached hydrogens (tertiary/aromatic N) is 1. The molecule has 0 bridgehead atoms. The molecule has 1 atom stereocenters. The number of halogens is 2. The van der Waals surface area contributed by atoms with E-state index >= 15 is 0 Å². The Bertz CT molecular complexity index is 922. The largest absolute Gasteiger partial charge is 0.354 e. The molecular formula is C21H21BrFN3O3. The quantitative estimate of drug-likeness (QED) is 0.621. The second kappa shape index (κ2) is 9.65. The molecule has 3 rings (SSSR count). The van der Waals surface area contributed by atoms with Crippen LogP contribution in [0.2, 0.25) is 0 Å². The van der Waals surface area contributed by atoms with Crippen molar-refractivity contribution in [1.29, 1.82) is 0 Å². The Morgan fingerprint density at radius 3 is 2.62 bits per heavy atom. The van der Waals surface area contributed by atoms with Gasteiger partial charge in [0.25, 0.3) is 0 Å². The van der Waals surface area contributed by atoms with Crippen LogP contribution in [0.5, 0.6) is 0 Å². The molecule has 2 N–H and O–H groups in total. The molecule has 0 radical (unpaired) electrons. The highest BCUT2D eigenvalue weighted by atomic mass is 79.9. The van der Waals surface area contributed by atoms with Crippen molar-refractivity contribution in [3.05, 3.63) is 64.4 Å². The Morgan fingerprint density at radius 1 is 1.10 bits per heavy atom. The van der Waals surface area contributed by atoms with E-state index in [0.29, 0.717) is 12.1 Å². The standard InChI is InChI=1S/C21H21BrFN3O3/c22-17-6-1-2-7-18(17)26-13-15(12-20(26)28)21(29)25-9-8-24-19(27)11-14-4-3-5-16(23)10-14/h1-7,10,15H,8-9,11-13H2,(H,24,27)(H,25,29). The van der Waals surface area contributed by atoms with Gasteiger partial charge in [-0.2, -0.15) is 0 Å². The van der Waals surface area contributed by atoms with Crippen LogP contribution in [0.3, 0.4) is 0 Å². The summed E-state index contributed by atoms with van der Waals surface area (Å²) in [5.41, 5.74) is 1.33. The van der Waals surface area contributed by atoms with E-state index in [4.69, 9.17) is 0 Å². The molecule has 0 spiro atoms. The van der Waals surface area contributed by atoms with Crippen LogP contribution in [0.4, 0.5) is 10.1 Å². The molecule has 1 aliphatic heterocycles. The van der Waals surface area contributed by atoms with E-state index in [2.05, 4.69) is 26.6 Å². The van der Waals surface area contributed by atoms with Gasteiger partial charge >= 0.3 is 0 Å². The lowest BCUT2D eigenvalue weighted by atomic mass is 10.1. The van der Waals surface area contributed by atoms with Crippen LogP contribution in [-0.2, 0) is 20.8 Å². The zero-order valence-corrected chi connectivity index (χ0v) is 17.2. The molecule has 29 heavy (non-hydrogen) atoms. The maximum atomic E-state index is 13.1. The average Bonchev–Trinajstić information content (AvgIpc) is 3.07. The van der Waals surface area contributed by atoms with Gasteiger partial charge in [-0.15, -0.1) is 0 Å². The summed E-state index contributed by atoms with van der Waals surface area (Å²) in [6.07, 6.45) is 0.225. The number of amides is 3. The minimum Gasteiger partial charge on any atom is -0.354 e. The molecule has 1 aliphatic rings. The van der Waals surface area contributed by atoms with Crippen LogP contribution >= 0.6 is 15.9 Å². The van der Waals surface area contributed by atoms with Crippen molar-refractivity contribution in [2.45, 2.75) is 12.8 Å². The van der Waals surface area contributed by atoms with Gasteiger partial charge < -0.3 is 15.5 Å². The number of carbonyl (C=O) groups excluding carboxylic acids is 3. The predicted molar refractivity (Wildman–Crippen MR) is 111 cm³/mol. The zero-order chi connectivity index (χ0) is 20.8. The van der Waals surface area contributed by atoms with Gasteiger partial charge in [-0.05, 0) is 45.8 Å². The normalized spacial score (nSPS) is 16.0. The first-order valence-corrected chi connectivity index (χ1v) is 10.1. The smallest absolute Gasteiger partial charge is 0.227 e. The fourth-order valence-corrected chi connectivity index (χ4v) is 3.71. The van der Waals surface area contributed by atoms with Crippen LogP contribution < -0.4 is 15.5 Å². The molecule has 1 heterocycles. The summed E-state index contributed by atoms with van der Waals surface area (Å²) in [5, 5.41) is 5.44. The highest BCUT2D eigenvalue weighted by molar-refractivity contribution is 9.10. The van der Waals surface area contributed by atoms with E-state index < -0.39 is 5.92 Å². The fourth-order valence-electron chi connectivity index (χ4n) is 3.21. The number of carbonyl (C=O) groups is 3. The van der Waals surface area contributed by atoms with E-state index in [1.807, 2.05) is 24.3 Å². The predicted octanol–water partition coefficient (Wildman–Crippen LogP) is 2.42. The lowest BCUT2D eigenvalue weighted by molar-refractivity contribution is -0.126. The SMILES string of the molecule is O=C(Cc1cccc(F)c1)NCCNC(=O)C1CC(=O)N(c2ccccc2Br)C1. The molecular weight excluding hydrogens is 441 g/mol. The zero-order valence-electron chi connectivity index (χ0n) is 15.7. The number of para-hydroxylation sites is 1. The topological polar surface area (TPSA) is 78.5 Å². The molecule has 0 aliphatic carbocycles. The van der Waals surface area contributed by atoms with Crippen LogP contribution in [0.1, 0.15) is 12.0 Å². The third-order valence-corrected chi connectivity index (χ3v) is 5.31. The molecule has 6 nitrogen and oxygen atoms in total. The lowest BCUT2D eigenvalue weighted by Gasteiger charge is -2.18. The summed E-state index contributed by atoms with van der Waals surface area (Å²) in [5.74, 6) is -1.38. The van der Waals surface area contributed by atoms with Crippen LogP contribution in [0.15, 0.2) is 53.0 Å². The number of rotatable bonds is 7. The third kappa shape index (κ3) is 5.63. The molecule has 3 amide bonds. The monoisotopic (exact) mass is 461 g/mol. The second-order valence-electron chi connectivity index (χ2n) is 6.80. The highest BCUT2D eigenvalue weighted by Crippen LogP contribution is 2.31. The number of benzene rings is 2. The summed E-state index contributed by atoms with van der Waals surface area (Å²) in [6.45, 7) is 0.834. The van der Waals surface area contributed by atoms with Crippen LogP contribution in [-0.4, -0.2) is 37.4 Å². The highest BCUT2D eigenvalue weighted by Gasteiger charge is 2.35. The second-order valence-corrected chi connectivity index (χ2v) is 7.66. The summed E-state index contributed by atoms with van der Waals surface area (Å²) in [7, 11) is 0. The Balaban J connectivity index is 1.41. The summed E-state index contributed by atoms with van der Waals surface area (Å²) in [6, 6.07) is 13.3. The third-order valence-electron chi connectivity index (χ3n) is 4.64. The van der Waals surface area contributed by atoms with Crippen molar-refractivity contribution in [2.75, 3.05) is 24.5 Å². The van der Waals surface area contributed by atoms with E-state index in [1.165, 1.54) is 12.1 Å². The first kappa shape index (κ1) is 21.0. The maximum absolute atomic E-state index is 13.1. The molecule has 0 aromatic heterocycles. The molecule has 8 heteroatoms. The maximum Gasteiger partial charge on any atom is 0.227 e. The molecule has 152 valence electrons. The van der Waals surface area contributed by atoms with Crippen molar-refractivity contribution in [1.82, 2.24) is 10.6 Å². The Kier molecular flexibility index (Phi) is 6.98. The minimum atomic E-state index is -0.433. The van der Waals surface area contributed by atoms with Crippen molar-refractivity contribution < 1.29 is 18.8 Å². The van der Waals surface area contributed by atoms with Gasteiger partial charge in [0, 0.05) is 30.5 Å². The van der Waals surface area contributed by atoms with E-state index in [9.17, 15) is 18.8 Å². The van der Waals surface area contributed by atoms with Gasteiger partial charge in [-0.25, -0.2) is 4.39 Å². The summed E-state index contributed by atoms with van der Waals surface area (Å²) >= 11 is 3.43. The molecule has 0 saturated carbocycles. The first-order valence-electron chi connectivity index (χ1n) is 9.28. The summed E-state index contributed by atoms with van der Waals surface area (Å²) in [4.78, 5) is 38.2. The average molecular weight is 462 g/mol. The van der Waals surface area contributed by atoms with Gasteiger partial charge in [0.1, 0.15) is 5.82 Å². The number of hydrogen-bond acceptors (Lipinski definition) is 3. The molecule has 1 fully saturated rings. The van der Waals surface area contributed by atoms with Gasteiger partial charge in [-0.3, -0.25) is 14.4 Å². The number of anilines is 1. The Hall–Kier alpha value is -2.74. The van der Waals surface area contributed by atoms with Gasteiger partial charge in [0.15, 0.2) is 0 Å². The van der Waals surface area contributed by atoms with Crippen molar-refractivity contribution >= 4 is 39.3 Å². The lowest BCUT2D eigenvalue weighted by Crippen LogP contribution is -2.38. The molecule has 1 saturated heterocycles. The van der Waals surface area contributed by atoms with Crippen molar-refractivity contribution in [3.8, 4) is 0 Å². The van der Waals surface area contributed by atoms with Crippen LogP contribution in [0.25, 0.3) is 0 Å². The van der Waals surface area contributed by atoms with Gasteiger partial charge in [0.05, 0.1) is 18.0 Å². The fraction of sp³-hybridized carbons (Fsp3) is 0.286. The molecule has 2 aromatic carbocycles. The van der Waals surface area contributed by atoms with E-state index in [0.717, 1.165) is 10.2 Å². The first-order chi connectivity index (χ1) is 13.9. The molecule has 2 aromatic rings. The van der Waals surface area contributed by atoms with E-state index in [-0.39, 0.29) is 49.5 Å². The van der Waals surface area contributed by atoms with Gasteiger partial charge in [-0.1, -0.05) is 24.3 Å². The van der Waals surface area contributed by atoms with Crippen molar-refractivity contribution in [3.63, 3.8) is 0 Å². The van der Waals surface area contributed by atoms with Crippen LogP contribution in [0, 0.1) is 11.7 Å². The van der Waals surface area contributed by atoms with E-state index in [1.54, 1.807) is 17.0 Å². The van der Waals surface area contributed by atoms with Crippen molar-refractivity contribution in [2.24, 2.45) is 5.92 Å². The Labute approximate surface area is 176 Å².